The lowest BCUT2D eigenvalue weighted by Gasteiger charge is -2.36. The number of hydrogen-bond donors (Lipinski definition) is 3. The van der Waals surface area contributed by atoms with Crippen LogP contribution in [0.5, 0.6) is 5.75 Å². The van der Waals surface area contributed by atoms with Crippen molar-refractivity contribution >= 4 is 0 Å². The number of benzene rings is 1. The predicted octanol–water partition coefficient (Wildman–Crippen LogP) is 1.99. The van der Waals surface area contributed by atoms with Crippen molar-refractivity contribution in [3.8, 4) is 5.75 Å². The summed E-state index contributed by atoms with van der Waals surface area (Å²) < 4.78 is 0. The molecule has 0 heterocycles. The third-order valence-electron chi connectivity index (χ3n) is 4.20. The fraction of sp³-hybridized carbons (Fsp3) is 0.571. The minimum Gasteiger partial charge on any atom is -0.508 e. The molecular formula is C14H21NO2. The molecule has 0 radical (unpaired) electrons. The topological polar surface area (TPSA) is 66.5 Å². The number of phenols is 1. The summed E-state index contributed by atoms with van der Waals surface area (Å²) in [5, 5.41) is 19.7. The highest BCUT2D eigenvalue weighted by atomic mass is 16.3. The Kier molecular flexibility index (Phi) is 3.69. The van der Waals surface area contributed by atoms with E-state index in [0.717, 1.165) is 31.2 Å². The second-order valence-corrected chi connectivity index (χ2v) is 5.07. The molecule has 1 aromatic carbocycles. The van der Waals surface area contributed by atoms with Gasteiger partial charge in [-0.05, 0) is 31.0 Å². The third kappa shape index (κ3) is 2.17. The molecule has 0 saturated heterocycles. The van der Waals surface area contributed by atoms with Crippen LogP contribution in [0.25, 0.3) is 0 Å². The van der Waals surface area contributed by atoms with Gasteiger partial charge in [0, 0.05) is 17.9 Å². The van der Waals surface area contributed by atoms with Crippen LogP contribution in [0.3, 0.4) is 0 Å². The Balaban J connectivity index is 2.36. The minimum absolute atomic E-state index is 0.0520. The molecule has 0 amide bonds. The van der Waals surface area contributed by atoms with Gasteiger partial charge in [0.15, 0.2) is 0 Å². The molecule has 1 atom stereocenters. The van der Waals surface area contributed by atoms with Crippen LogP contribution in [-0.4, -0.2) is 23.4 Å². The maximum atomic E-state index is 9.95. The molecule has 17 heavy (non-hydrogen) atoms. The van der Waals surface area contributed by atoms with Crippen molar-refractivity contribution in [2.24, 2.45) is 11.1 Å². The van der Waals surface area contributed by atoms with E-state index in [0.29, 0.717) is 12.3 Å². The number of hydrogen-bond acceptors (Lipinski definition) is 3. The van der Waals surface area contributed by atoms with E-state index < -0.39 is 0 Å². The van der Waals surface area contributed by atoms with Crippen LogP contribution >= 0.6 is 0 Å². The van der Waals surface area contributed by atoms with Crippen LogP contribution in [0.15, 0.2) is 24.3 Å². The van der Waals surface area contributed by atoms with Gasteiger partial charge in [0.1, 0.15) is 5.75 Å². The smallest absolute Gasteiger partial charge is 0.119 e. The molecule has 1 aliphatic rings. The molecular weight excluding hydrogens is 214 g/mol. The number of aromatic hydroxyl groups is 1. The number of nitrogens with two attached hydrogens (primary N) is 1. The number of para-hydroxylation sites is 1. The molecule has 1 fully saturated rings. The Labute approximate surface area is 102 Å². The highest BCUT2D eigenvalue weighted by Crippen LogP contribution is 2.49. The summed E-state index contributed by atoms with van der Waals surface area (Å²) in [6, 6.07) is 7.34. The lowest BCUT2D eigenvalue weighted by atomic mass is 9.71. The van der Waals surface area contributed by atoms with Crippen LogP contribution in [0.1, 0.15) is 37.2 Å². The number of rotatable bonds is 4. The average Bonchev–Trinajstić information content (AvgIpc) is 2.82. The molecule has 3 nitrogen and oxygen atoms in total. The van der Waals surface area contributed by atoms with Crippen LogP contribution in [0.2, 0.25) is 0 Å². The van der Waals surface area contributed by atoms with Crippen molar-refractivity contribution in [2.75, 3.05) is 13.2 Å². The Morgan fingerprint density at radius 3 is 2.41 bits per heavy atom. The zero-order valence-corrected chi connectivity index (χ0v) is 10.1. The number of aliphatic hydroxyl groups is 1. The normalized spacial score (nSPS) is 20.4. The van der Waals surface area contributed by atoms with Gasteiger partial charge in [-0.1, -0.05) is 31.0 Å². The van der Waals surface area contributed by atoms with Gasteiger partial charge in [0.05, 0.1) is 0 Å². The Hall–Kier alpha value is -1.06. The van der Waals surface area contributed by atoms with Crippen LogP contribution in [0, 0.1) is 5.41 Å². The fourth-order valence-electron chi connectivity index (χ4n) is 3.18. The SMILES string of the molecule is NC[C@H](c1ccccc1O)C1(CO)CCCC1. The molecule has 0 spiro atoms. The maximum Gasteiger partial charge on any atom is 0.119 e. The minimum atomic E-state index is -0.131. The summed E-state index contributed by atoms with van der Waals surface area (Å²) >= 11 is 0. The molecule has 2 rings (SSSR count). The van der Waals surface area contributed by atoms with Gasteiger partial charge in [-0.2, -0.15) is 0 Å². The Morgan fingerprint density at radius 2 is 1.88 bits per heavy atom. The Bertz CT molecular complexity index is 372. The van der Waals surface area contributed by atoms with E-state index in [9.17, 15) is 10.2 Å². The Morgan fingerprint density at radius 1 is 1.24 bits per heavy atom. The molecule has 1 aromatic rings. The zero-order valence-electron chi connectivity index (χ0n) is 10.1. The van der Waals surface area contributed by atoms with E-state index >= 15 is 0 Å². The highest BCUT2D eigenvalue weighted by Gasteiger charge is 2.41. The van der Waals surface area contributed by atoms with Crippen LogP contribution in [-0.2, 0) is 0 Å². The van der Waals surface area contributed by atoms with Gasteiger partial charge in [-0.15, -0.1) is 0 Å². The van der Waals surface area contributed by atoms with Crippen molar-refractivity contribution in [1.29, 1.82) is 0 Å². The summed E-state index contributed by atoms with van der Waals surface area (Å²) in [4.78, 5) is 0. The lowest BCUT2D eigenvalue weighted by Crippen LogP contribution is -2.34. The van der Waals surface area contributed by atoms with E-state index in [1.165, 1.54) is 0 Å². The number of phenolic OH excluding ortho intramolecular Hbond substituents is 1. The first-order valence-corrected chi connectivity index (χ1v) is 6.32. The lowest BCUT2D eigenvalue weighted by molar-refractivity contribution is 0.102. The quantitative estimate of drug-likeness (QED) is 0.747. The molecule has 3 heteroatoms. The number of aliphatic hydroxyl groups excluding tert-OH is 1. The van der Waals surface area contributed by atoms with E-state index in [2.05, 4.69) is 0 Å². The van der Waals surface area contributed by atoms with Crippen molar-refractivity contribution in [2.45, 2.75) is 31.6 Å². The molecule has 4 N–H and O–H groups in total. The molecule has 0 aromatic heterocycles. The summed E-state index contributed by atoms with van der Waals surface area (Å²) in [6.07, 6.45) is 4.29. The molecule has 0 bridgehead atoms. The summed E-state index contributed by atoms with van der Waals surface area (Å²) in [6.45, 7) is 0.626. The van der Waals surface area contributed by atoms with Crippen LogP contribution in [0.4, 0.5) is 0 Å². The van der Waals surface area contributed by atoms with Crippen LogP contribution < -0.4 is 5.73 Å². The van der Waals surface area contributed by atoms with Crippen molar-refractivity contribution < 1.29 is 10.2 Å². The standard InChI is InChI=1S/C14H21NO2/c15-9-12(11-5-1-2-6-13(11)17)14(10-16)7-3-4-8-14/h1-2,5-6,12,16-17H,3-4,7-10,15H2/t12-/m1/s1. The highest BCUT2D eigenvalue weighted by molar-refractivity contribution is 5.36. The first kappa shape index (κ1) is 12.4. The molecule has 0 unspecified atom stereocenters. The largest absolute Gasteiger partial charge is 0.508 e. The zero-order chi connectivity index (χ0) is 12.3. The molecule has 1 saturated carbocycles. The van der Waals surface area contributed by atoms with Gasteiger partial charge in [-0.3, -0.25) is 0 Å². The first-order valence-electron chi connectivity index (χ1n) is 6.32. The van der Waals surface area contributed by atoms with Gasteiger partial charge in [0.2, 0.25) is 0 Å². The average molecular weight is 235 g/mol. The van der Waals surface area contributed by atoms with Gasteiger partial charge in [-0.25, -0.2) is 0 Å². The third-order valence-corrected chi connectivity index (χ3v) is 4.20. The first-order chi connectivity index (χ1) is 8.23. The van der Waals surface area contributed by atoms with Gasteiger partial charge < -0.3 is 15.9 Å². The van der Waals surface area contributed by atoms with Gasteiger partial charge in [0.25, 0.3) is 0 Å². The van der Waals surface area contributed by atoms with E-state index in [-0.39, 0.29) is 17.9 Å². The van der Waals surface area contributed by atoms with Gasteiger partial charge >= 0.3 is 0 Å². The van der Waals surface area contributed by atoms with Crippen molar-refractivity contribution in [3.05, 3.63) is 29.8 Å². The second kappa shape index (κ2) is 5.07. The molecule has 0 aliphatic heterocycles. The summed E-state index contributed by atoms with van der Waals surface area (Å²) in [5.41, 5.74) is 6.64. The van der Waals surface area contributed by atoms with Crippen molar-refractivity contribution in [1.82, 2.24) is 0 Å². The van der Waals surface area contributed by atoms with E-state index in [1.807, 2.05) is 18.2 Å². The molecule has 1 aliphatic carbocycles. The molecule has 94 valence electrons. The summed E-state index contributed by atoms with van der Waals surface area (Å²) in [7, 11) is 0. The van der Waals surface area contributed by atoms with E-state index in [1.54, 1.807) is 6.07 Å². The van der Waals surface area contributed by atoms with Crippen molar-refractivity contribution in [3.63, 3.8) is 0 Å². The summed E-state index contributed by atoms with van der Waals surface area (Å²) in [5.74, 6) is 0.346. The maximum absolute atomic E-state index is 9.95. The van der Waals surface area contributed by atoms with E-state index in [4.69, 9.17) is 5.73 Å². The second-order valence-electron chi connectivity index (χ2n) is 5.07. The monoisotopic (exact) mass is 235 g/mol. The fourth-order valence-corrected chi connectivity index (χ4v) is 3.18. The predicted molar refractivity (Wildman–Crippen MR) is 67.9 cm³/mol.